The maximum atomic E-state index is 13.1. The third-order valence-corrected chi connectivity index (χ3v) is 6.41. The molecular formula is C24H24ClF3N4O3. The molecule has 2 aromatic carbocycles. The highest BCUT2D eigenvalue weighted by Gasteiger charge is 2.32. The number of benzene rings is 2. The summed E-state index contributed by atoms with van der Waals surface area (Å²) in [5.41, 5.74) is 0.821. The van der Waals surface area contributed by atoms with Gasteiger partial charge in [0.05, 0.1) is 24.4 Å². The Kier molecular flexibility index (Phi) is 6.95. The van der Waals surface area contributed by atoms with E-state index in [2.05, 4.69) is 10.3 Å². The molecule has 0 spiro atoms. The second kappa shape index (κ2) is 9.79. The number of rotatable bonds is 5. The lowest BCUT2D eigenvalue weighted by atomic mass is 10.1. The predicted octanol–water partition coefficient (Wildman–Crippen LogP) is 4.78. The fourth-order valence-corrected chi connectivity index (χ4v) is 4.36. The summed E-state index contributed by atoms with van der Waals surface area (Å²) >= 11 is 6.12. The van der Waals surface area contributed by atoms with Crippen LogP contribution in [0.4, 0.5) is 24.5 Å². The lowest BCUT2D eigenvalue weighted by molar-refractivity contribution is -0.137. The van der Waals surface area contributed by atoms with Gasteiger partial charge in [-0.25, -0.2) is 4.79 Å². The Hall–Kier alpha value is -3.24. The average molecular weight is 509 g/mol. The molecule has 186 valence electrons. The van der Waals surface area contributed by atoms with Gasteiger partial charge in [-0.05, 0) is 43.3 Å². The standard InChI is InChI=1S/C24H24ClF3N4O3/c1-14(31-8-10-32(11-9-31)17-5-3-4-15(12-17)24(26,27)28)22(33)30-20-18-13-16(25)6-7-19(18)29-21(20)23(34)35-2/h3-7,12-14,29H,8-11H2,1-2H3,(H,30,33). The van der Waals surface area contributed by atoms with Gasteiger partial charge in [-0.15, -0.1) is 0 Å². The fourth-order valence-electron chi connectivity index (χ4n) is 4.19. The number of carbonyl (C=O) groups excluding carboxylic acids is 2. The zero-order chi connectivity index (χ0) is 25.3. The summed E-state index contributed by atoms with van der Waals surface area (Å²) in [4.78, 5) is 32.2. The van der Waals surface area contributed by atoms with Crippen LogP contribution in [0.3, 0.4) is 0 Å². The molecule has 2 heterocycles. The van der Waals surface area contributed by atoms with Crippen LogP contribution in [0.15, 0.2) is 42.5 Å². The Morgan fingerprint density at radius 3 is 2.49 bits per heavy atom. The zero-order valence-electron chi connectivity index (χ0n) is 19.1. The molecular weight excluding hydrogens is 485 g/mol. The minimum atomic E-state index is -4.40. The molecule has 4 rings (SSSR count). The van der Waals surface area contributed by atoms with E-state index in [-0.39, 0.29) is 17.3 Å². The van der Waals surface area contributed by atoms with Gasteiger partial charge < -0.3 is 19.9 Å². The monoisotopic (exact) mass is 508 g/mol. The summed E-state index contributed by atoms with van der Waals surface area (Å²) in [6.45, 7) is 3.64. The third-order valence-electron chi connectivity index (χ3n) is 6.18. The average Bonchev–Trinajstić information content (AvgIpc) is 3.20. The first-order valence-corrected chi connectivity index (χ1v) is 11.3. The maximum Gasteiger partial charge on any atom is 0.416 e. The smallest absolute Gasteiger partial charge is 0.416 e. The Labute approximate surface area is 204 Å². The van der Waals surface area contributed by atoms with Crippen LogP contribution in [-0.4, -0.2) is 61.1 Å². The number of halogens is 4. The van der Waals surface area contributed by atoms with Gasteiger partial charge in [-0.3, -0.25) is 9.69 Å². The summed E-state index contributed by atoms with van der Waals surface area (Å²) in [7, 11) is 1.25. The zero-order valence-corrected chi connectivity index (χ0v) is 19.8. The number of carbonyl (C=O) groups is 2. The Balaban J connectivity index is 1.46. The fraction of sp³-hybridized carbons (Fsp3) is 0.333. The number of nitrogens with one attached hydrogen (secondary N) is 2. The van der Waals surface area contributed by atoms with Gasteiger partial charge in [-0.1, -0.05) is 17.7 Å². The number of nitrogens with zero attached hydrogens (tertiary/aromatic N) is 2. The molecule has 3 aromatic rings. The number of H-pyrrole nitrogens is 1. The normalized spacial score (nSPS) is 15.8. The summed E-state index contributed by atoms with van der Waals surface area (Å²) in [5.74, 6) is -0.960. The number of aromatic nitrogens is 1. The van der Waals surface area contributed by atoms with Crippen molar-refractivity contribution in [1.29, 1.82) is 0 Å². The highest BCUT2D eigenvalue weighted by Crippen LogP contribution is 2.33. The number of esters is 1. The number of ether oxygens (including phenoxy) is 1. The first kappa shape index (κ1) is 24.9. The van der Waals surface area contributed by atoms with E-state index in [9.17, 15) is 22.8 Å². The molecule has 1 unspecified atom stereocenters. The molecule has 7 nitrogen and oxygen atoms in total. The van der Waals surface area contributed by atoms with Crippen molar-refractivity contribution in [3.63, 3.8) is 0 Å². The van der Waals surface area contributed by atoms with E-state index in [1.165, 1.54) is 13.2 Å². The van der Waals surface area contributed by atoms with Gasteiger partial charge in [0.15, 0.2) is 0 Å². The number of aromatic amines is 1. The Morgan fingerprint density at radius 1 is 1.11 bits per heavy atom. The topological polar surface area (TPSA) is 77.7 Å². The molecule has 1 aromatic heterocycles. The molecule has 35 heavy (non-hydrogen) atoms. The minimum absolute atomic E-state index is 0.111. The molecule has 1 saturated heterocycles. The Bertz CT molecular complexity index is 1250. The summed E-state index contributed by atoms with van der Waals surface area (Å²) in [6.07, 6.45) is -4.40. The van der Waals surface area contributed by atoms with Crippen LogP contribution in [0.1, 0.15) is 23.0 Å². The molecule has 1 aliphatic rings. The van der Waals surface area contributed by atoms with Crippen LogP contribution >= 0.6 is 11.6 Å². The van der Waals surface area contributed by atoms with Gasteiger partial charge in [0.25, 0.3) is 0 Å². The molecule has 0 saturated carbocycles. The summed E-state index contributed by atoms with van der Waals surface area (Å²) in [6, 6.07) is 9.71. The van der Waals surface area contributed by atoms with E-state index in [0.717, 1.165) is 12.1 Å². The quantitative estimate of drug-likeness (QED) is 0.485. The Morgan fingerprint density at radius 2 is 1.83 bits per heavy atom. The highest BCUT2D eigenvalue weighted by atomic mass is 35.5. The second-order valence-corrected chi connectivity index (χ2v) is 8.73. The predicted molar refractivity (Wildman–Crippen MR) is 128 cm³/mol. The molecule has 1 aliphatic heterocycles. The number of amides is 1. The van der Waals surface area contributed by atoms with Crippen LogP contribution < -0.4 is 10.2 Å². The van der Waals surface area contributed by atoms with Crippen molar-refractivity contribution >= 4 is 45.8 Å². The van der Waals surface area contributed by atoms with Gasteiger partial charge in [0.2, 0.25) is 5.91 Å². The van der Waals surface area contributed by atoms with E-state index in [1.807, 2.05) is 9.80 Å². The van der Waals surface area contributed by atoms with Crippen molar-refractivity contribution in [3.05, 3.63) is 58.7 Å². The van der Waals surface area contributed by atoms with Crippen LogP contribution in [0.2, 0.25) is 5.02 Å². The molecule has 11 heteroatoms. The molecule has 0 radical (unpaired) electrons. The van der Waals surface area contributed by atoms with Crippen LogP contribution in [0, 0.1) is 0 Å². The maximum absolute atomic E-state index is 13.1. The number of fused-ring (bicyclic) bond motifs is 1. The van der Waals surface area contributed by atoms with E-state index >= 15 is 0 Å². The van der Waals surface area contributed by atoms with Crippen LogP contribution in [0.5, 0.6) is 0 Å². The van der Waals surface area contributed by atoms with Crippen molar-refractivity contribution in [2.24, 2.45) is 0 Å². The number of piperazine rings is 1. The number of alkyl halides is 3. The number of anilines is 2. The number of hydrogen-bond acceptors (Lipinski definition) is 5. The lowest BCUT2D eigenvalue weighted by Crippen LogP contribution is -2.52. The van der Waals surface area contributed by atoms with Gasteiger partial charge in [0, 0.05) is 47.8 Å². The minimum Gasteiger partial charge on any atom is -0.464 e. The number of hydrogen-bond donors (Lipinski definition) is 2. The van der Waals surface area contributed by atoms with Crippen molar-refractivity contribution in [2.45, 2.75) is 19.1 Å². The molecule has 1 amide bonds. The van der Waals surface area contributed by atoms with Crippen molar-refractivity contribution in [2.75, 3.05) is 43.5 Å². The molecule has 1 atom stereocenters. The molecule has 1 fully saturated rings. The van der Waals surface area contributed by atoms with Crippen molar-refractivity contribution in [3.8, 4) is 0 Å². The summed E-state index contributed by atoms with van der Waals surface area (Å²) in [5, 5.41) is 3.85. The van der Waals surface area contributed by atoms with Crippen molar-refractivity contribution in [1.82, 2.24) is 9.88 Å². The SMILES string of the molecule is COC(=O)c1[nH]c2ccc(Cl)cc2c1NC(=O)C(C)N1CCN(c2cccc(C(F)(F)F)c2)CC1. The van der Waals surface area contributed by atoms with E-state index in [1.54, 1.807) is 31.2 Å². The highest BCUT2D eigenvalue weighted by molar-refractivity contribution is 6.31. The molecule has 0 aliphatic carbocycles. The van der Waals surface area contributed by atoms with E-state index in [0.29, 0.717) is 47.8 Å². The largest absolute Gasteiger partial charge is 0.464 e. The van der Waals surface area contributed by atoms with E-state index < -0.39 is 23.8 Å². The third kappa shape index (κ3) is 5.23. The summed E-state index contributed by atoms with van der Waals surface area (Å²) < 4.78 is 44.0. The van der Waals surface area contributed by atoms with E-state index in [4.69, 9.17) is 16.3 Å². The van der Waals surface area contributed by atoms with Crippen LogP contribution in [-0.2, 0) is 15.7 Å². The van der Waals surface area contributed by atoms with Gasteiger partial charge in [-0.2, -0.15) is 13.2 Å². The second-order valence-electron chi connectivity index (χ2n) is 8.29. The first-order chi connectivity index (χ1) is 16.6. The van der Waals surface area contributed by atoms with Crippen LogP contribution in [0.25, 0.3) is 10.9 Å². The molecule has 2 N–H and O–H groups in total. The molecule has 0 bridgehead atoms. The van der Waals surface area contributed by atoms with Gasteiger partial charge in [0.1, 0.15) is 5.69 Å². The lowest BCUT2D eigenvalue weighted by Gasteiger charge is -2.38. The number of methoxy groups -OCH3 is 1. The van der Waals surface area contributed by atoms with Gasteiger partial charge >= 0.3 is 12.1 Å². The van der Waals surface area contributed by atoms with Crippen molar-refractivity contribution < 1.29 is 27.5 Å². The first-order valence-electron chi connectivity index (χ1n) is 10.9.